The molecule has 7 heteroatoms. The summed E-state index contributed by atoms with van der Waals surface area (Å²) in [6.07, 6.45) is -4.43. The fourth-order valence-electron chi connectivity index (χ4n) is 2.84. The van der Waals surface area contributed by atoms with Gasteiger partial charge in [0.25, 0.3) is 5.91 Å². The van der Waals surface area contributed by atoms with E-state index in [1.807, 2.05) is 6.07 Å². The predicted octanol–water partition coefficient (Wildman–Crippen LogP) is 5.50. The quantitative estimate of drug-likeness (QED) is 0.633. The zero-order chi connectivity index (χ0) is 21.0. The molecule has 3 rings (SSSR count). The molecule has 1 amide bonds. The summed E-state index contributed by atoms with van der Waals surface area (Å²) >= 11 is 0. The number of methoxy groups -OCH3 is 1. The Morgan fingerprint density at radius 1 is 1.03 bits per heavy atom. The minimum Gasteiger partial charge on any atom is -0.495 e. The van der Waals surface area contributed by atoms with Gasteiger partial charge in [-0.2, -0.15) is 18.4 Å². The lowest BCUT2D eigenvalue weighted by Gasteiger charge is -2.14. The number of carbonyl (C=O) groups excluding carboxylic acids is 1. The Balaban J connectivity index is 1.95. The van der Waals surface area contributed by atoms with Crippen molar-refractivity contribution in [3.8, 4) is 22.9 Å². The van der Waals surface area contributed by atoms with Crippen molar-refractivity contribution in [2.75, 3.05) is 12.4 Å². The number of halogens is 3. The van der Waals surface area contributed by atoms with Gasteiger partial charge < -0.3 is 10.1 Å². The topological polar surface area (TPSA) is 62.1 Å². The van der Waals surface area contributed by atoms with E-state index in [-0.39, 0.29) is 5.56 Å². The maximum Gasteiger partial charge on any atom is 0.416 e. The molecule has 4 nitrogen and oxygen atoms in total. The van der Waals surface area contributed by atoms with Crippen LogP contribution in [0.1, 0.15) is 21.5 Å². The highest BCUT2D eigenvalue weighted by molar-refractivity contribution is 6.09. The molecule has 0 radical (unpaired) electrons. The van der Waals surface area contributed by atoms with Crippen LogP contribution in [0.25, 0.3) is 11.1 Å². The number of nitrogens with zero attached hydrogens (tertiary/aromatic N) is 1. The molecule has 0 aromatic heterocycles. The van der Waals surface area contributed by atoms with Crippen molar-refractivity contribution in [2.24, 2.45) is 0 Å². The summed E-state index contributed by atoms with van der Waals surface area (Å²) in [4.78, 5) is 12.9. The molecule has 0 aliphatic rings. The van der Waals surface area contributed by atoms with Crippen molar-refractivity contribution in [1.29, 1.82) is 5.26 Å². The van der Waals surface area contributed by atoms with Gasteiger partial charge >= 0.3 is 6.18 Å². The second-order valence-corrected chi connectivity index (χ2v) is 6.10. The highest BCUT2D eigenvalue weighted by atomic mass is 19.4. The third kappa shape index (κ3) is 4.38. The molecule has 1 N–H and O–H groups in total. The molecule has 3 aromatic carbocycles. The van der Waals surface area contributed by atoms with Crippen LogP contribution in [0.2, 0.25) is 0 Å². The fourth-order valence-corrected chi connectivity index (χ4v) is 2.84. The molecule has 0 spiro atoms. The largest absolute Gasteiger partial charge is 0.495 e. The Hall–Kier alpha value is -3.79. The number of amides is 1. The van der Waals surface area contributed by atoms with E-state index in [9.17, 15) is 18.0 Å². The van der Waals surface area contributed by atoms with E-state index >= 15 is 0 Å². The maximum atomic E-state index is 12.9. The Labute approximate surface area is 165 Å². The molecule has 0 atom stereocenters. The molecule has 0 unspecified atom stereocenters. The number of nitrogens with one attached hydrogen (secondary N) is 1. The smallest absolute Gasteiger partial charge is 0.416 e. The zero-order valence-corrected chi connectivity index (χ0v) is 15.2. The van der Waals surface area contributed by atoms with Gasteiger partial charge in [0.2, 0.25) is 0 Å². The molecule has 0 saturated carbocycles. The van der Waals surface area contributed by atoms with Crippen LogP contribution in [-0.2, 0) is 6.18 Å². The summed E-state index contributed by atoms with van der Waals surface area (Å²) in [6.45, 7) is 0. The van der Waals surface area contributed by atoms with Gasteiger partial charge in [-0.25, -0.2) is 0 Å². The summed E-state index contributed by atoms with van der Waals surface area (Å²) in [7, 11) is 1.44. The summed E-state index contributed by atoms with van der Waals surface area (Å²) in [5.41, 5.74) is 1.13. The van der Waals surface area contributed by atoms with Crippen molar-refractivity contribution in [1.82, 2.24) is 0 Å². The van der Waals surface area contributed by atoms with Gasteiger partial charge in [0.1, 0.15) is 5.75 Å². The molecule has 0 aliphatic carbocycles. The number of nitriles is 1. The van der Waals surface area contributed by atoms with Crippen molar-refractivity contribution in [2.45, 2.75) is 6.18 Å². The molecule has 3 aromatic rings. The first-order valence-corrected chi connectivity index (χ1v) is 8.49. The average molecular weight is 396 g/mol. The van der Waals surface area contributed by atoms with E-state index in [1.54, 1.807) is 36.4 Å². The van der Waals surface area contributed by atoms with Crippen LogP contribution in [0.15, 0.2) is 66.7 Å². The standard InChI is InChI=1S/C22H15F3N2O2/c1-29-20-11-6-14(13-26)12-19(20)27-21(28)18-5-3-2-4-17(18)15-7-9-16(10-8-15)22(23,24)25/h2-12H,1H3,(H,27,28). The molecule has 0 fully saturated rings. The van der Waals surface area contributed by atoms with E-state index in [2.05, 4.69) is 5.32 Å². The van der Waals surface area contributed by atoms with Crippen LogP contribution in [0, 0.1) is 11.3 Å². The Morgan fingerprint density at radius 3 is 2.34 bits per heavy atom. The summed E-state index contributed by atoms with van der Waals surface area (Å²) in [5.74, 6) is -0.0988. The molecule has 0 bridgehead atoms. The number of hydrogen-bond acceptors (Lipinski definition) is 3. The van der Waals surface area contributed by atoms with Crippen LogP contribution in [0.4, 0.5) is 18.9 Å². The molecule has 0 heterocycles. The van der Waals surface area contributed by atoms with Gasteiger partial charge in [0.05, 0.1) is 30.0 Å². The van der Waals surface area contributed by atoms with Crippen LogP contribution in [-0.4, -0.2) is 13.0 Å². The molecular formula is C22H15F3N2O2. The third-order valence-corrected chi connectivity index (χ3v) is 4.27. The van der Waals surface area contributed by atoms with Crippen molar-refractivity contribution in [3.63, 3.8) is 0 Å². The predicted molar refractivity (Wildman–Crippen MR) is 103 cm³/mol. The van der Waals surface area contributed by atoms with E-state index < -0.39 is 17.6 Å². The number of benzene rings is 3. The number of hydrogen-bond donors (Lipinski definition) is 1. The maximum absolute atomic E-state index is 12.9. The van der Waals surface area contributed by atoms with Crippen LogP contribution < -0.4 is 10.1 Å². The Morgan fingerprint density at radius 2 is 1.72 bits per heavy atom. The SMILES string of the molecule is COc1ccc(C#N)cc1NC(=O)c1ccccc1-c1ccc(C(F)(F)F)cc1. The second-order valence-electron chi connectivity index (χ2n) is 6.10. The van der Waals surface area contributed by atoms with Gasteiger partial charge in [0.15, 0.2) is 0 Å². The van der Waals surface area contributed by atoms with E-state index in [4.69, 9.17) is 10.00 Å². The van der Waals surface area contributed by atoms with Gasteiger partial charge in [-0.05, 0) is 47.5 Å². The van der Waals surface area contributed by atoms with Gasteiger partial charge in [-0.1, -0.05) is 30.3 Å². The normalized spacial score (nSPS) is 10.9. The minimum absolute atomic E-state index is 0.275. The number of rotatable bonds is 4. The van der Waals surface area contributed by atoms with Crippen LogP contribution in [0.3, 0.4) is 0 Å². The second kappa shape index (κ2) is 8.07. The first-order valence-electron chi connectivity index (χ1n) is 8.49. The molecule has 0 aliphatic heterocycles. The van der Waals surface area contributed by atoms with Crippen LogP contribution >= 0.6 is 0 Å². The van der Waals surface area contributed by atoms with Crippen LogP contribution in [0.5, 0.6) is 5.75 Å². The molecule has 146 valence electrons. The highest BCUT2D eigenvalue weighted by Gasteiger charge is 2.30. The number of alkyl halides is 3. The minimum atomic E-state index is -4.43. The number of ether oxygens (including phenoxy) is 1. The zero-order valence-electron chi connectivity index (χ0n) is 15.2. The summed E-state index contributed by atoms with van der Waals surface area (Å²) < 4.78 is 43.6. The monoisotopic (exact) mass is 396 g/mol. The lowest BCUT2D eigenvalue weighted by atomic mass is 9.98. The fraction of sp³-hybridized carbons (Fsp3) is 0.0909. The lowest BCUT2D eigenvalue weighted by molar-refractivity contribution is -0.137. The Kier molecular flexibility index (Phi) is 5.55. The molecule has 0 saturated heterocycles. The van der Waals surface area contributed by atoms with Crippen molar-refractivity contribution in [3.05, 3.63) is 83.4 Å². The van der Waals surface area contributed by atoms with E-state index in [1.165, 1.54) is 25.3 Å². The van der Waals surface area contributed by atoms with Crippen molar-refractivity contribution >= 4 is 11.6 Å². The molecule has 29 heavy (non-hydrogen) atoms. The van der Waals surface area contributed by atoms with E-state index in [0.717, 1.165) is 12.1 Å². The third-order valence-electron chi connectivity index (χ3n) is 4.27. The lowest BCUT2D eigenvalue weighted by Crippen LogP contribution is -2.14. The highest BCUT2D eigenvalue weighted by Crippen LogP contribution is 2.32. The number of carbonyl (C=O) groups is 1. The molecular weight excluding hydrogens is 381 g/mol. The van der Waals surface area contributed by atoms with Gasteiger partial charge in [-0.15, -0.1) is 0 Å². The Bertz CT molecular complexity index is 1080. The van der Waals surface area contributed by atoms with Gasteiger partial charge in [0, 0.05) is 5.56 Å². The first-order chi connectivity index (χ1) is 13.8. The number of anilines is 1. The van der Waals surface area contributed by atoms with E-state index in [0.29, 0.717) is 28.1 Å². The van der Waals surface area contributed by atoms with Gasteiger partial charge in [-0.3, -0.25) is 4.79 Å². The summed E-state index contributed by atoms with van der Waals surface area (Å²) in [6, 6.07) is 17.8. The summed E-state index contributed by atoms with van der Waals surface area (Å²) in [5, 5.41) is 11.8. The average Bonchev–Trinajstić information content (AvgIpc) is 2.73. The first kappa shape index (κ1) is 20.0. The van der Waals surface area contributed by atoms with Crippen molar-refractivity contribution < 1.29 is 22.7 Å².